The fourth-order valence-electron chi connectivity index (χ4n) is 1.65. The van der Waals surface area contributed by atoms with Crippen molar-refractivity contribution >= 4 is 28.3 Å². The molecule has 1 fully saturated rings. The van der Waals surface area contributed by atoms with Crippen molar-refractivity contribution in [1.29, 1.82) is 0 Å². The van der Waals surface area contributed by atoms with Gasteiger partial charge < -0.3 is 20.7 Å². The fraction of sp³-hybridized carbons (Fsp3) is 0.600. The Kier molecular flexibility index (Phi) is 3.80. The second-order valence-corrected chi connectivity index (χ2v) is 4.65. The van der Waals surface area contributed by atoms with Gasteiger partial charge in [0.05, 0.1) is 6.61 Å². The molecule has 3 N–H and O–H groups in total. The predicted octanol–water partition coefficient (Wildman–Crippen LogP) is 0.312. The van der Waals surface area contributed by atoms with Crippen molar-refractivity contribution in [2.24, 2.45) is 0 Å². The van der Waals surface area contributed by atoms with Crippen LogP contribution in [0.15, 0.2) is 0 Å². The molecule has 0 aromatic carbocycles. The second-order valence-electron chi connectivity index (χ2n) is 3.67. The van der Waals surface area contributed by atoms with Crippen LogP contribution in [-0.2, 0) is 4.74 Å². The minimum Gasteiger partial charge on any atom is -0.462 e. The summed E-state index contributed by atoms with van der Waals surface area (Å²) in [4.78, 5) is 18.4. The fourth-order valence-corrected chi connectivity index (χ4v) is 2.59. The van der Waals surface area contributed by atoms with Crippen molar-refractivity contribution in [2.45, 2.75) is 6.92 Å². The zero-order valence-electron chi connectivity index (χ0n) is 9.73. The molecule has 6 nitrogen and oxygen atoms in total. The maximum absolute atomic E-state index is 11.6. The van der Waals surface area contributed by atoms with E-state index in [0.717, 1.165) is 31.3 Å². The number of aromatic nitrogens is 1. The van der Waals surface area contributed by atoms with Crippen LogP contribution in [0.4, 0.5) is 10.9 Å². The highest BCUT2D eigenvalue weighted by Crippen LogP contribution is 2.28. The first-order valence-electron chi connectivity index (χ1n) is 5.61. The molecule has 0 aliphatic carbocycles. The van der Waals surface area contributed by atoms with E-state index in [2.05, 4.69) is 15.2 Å². The average Bonchev–Trinajstić information content (AvgIpc) is 2.73. The molecule has 2 rings (SSSR count). The number of nitrogen functional groups attached to an aromatic ring is 1. The van der Waals surface area contributed by atoms with E-state index in [-0.39, 0.29) is 11.8 Å². The topological polar surface area (TPSA) is 80.5 Å². The molecular formula is C10H16N4O2S. The Hall–Kier alpha value is -1.34. The van der Waals surface area contributed by atoms with Gasteiger partial charge >= 0.3 is 5.97 Å². The molecule has 1 saturated heterocycles. The second kappa shape index (κ2) is 5.33. The summed E-state index contributed by atoms with van der Waals surface area (Å²) in [5.41, 5.74) is 5.74. The summed E-state index contributed by atoms with van der Waals surface area (Å²) < 4.78 is 4.93. The van der Waals surface area contributed by atoms with E-state index in [0.29, 0.717) is 11.5 Å². The number of nitrogens with two attached hydrogens (primary N) is 1. The Morgan fingerprint density at radius 1 is 1.59 bits per heavy atom. The number of thiazole rings is 1. The molecule has 1 aliphatic rings. The van der Waals surface area contributed by atoms with Crippen molar-refractivity contribution in [3.05, 3.63) is 4.88 Å². The van der Waals surface area contributed by atoms with Crippen molar-refractivity contribution in [3.63, 3.8) is 0 Å². The molecule has 2 heterocycles. The molecule has 0 saturated carbocycles. The zero-order valence-corrected chi connectivity index (χ0v) is 10.5. The van der Waals surface area contributed by atoms with E-state index < -0.39 is 0 Å². The van der Waals surface area contributed by atoms with Crippen LogP contribution in [-0.4, -0.2) is 43.7 Å². The summed E-state index contributed by atoms with van der Waals surface area (Å²) in [5, 5.41) is 4.06. The Balaban J connectivity index is 2.14. The number of ether oxygens (including phenoxy) is 1. The zero-order chi connectivity index (χ0) is 12.3. The largest absolute Gasteiger partial charge is 0.462 e. The van der Waals surface area contributed by atoms with E-state index in [1.807, 2.05) is 0 Å². The number of esters is 1. The first-order chi connectivity index (χ1) is 8.22. The lowest BCUT2D eigenvalue weighted by atomic mass is 10.4. The molecule has 94 valence electrons. The van der Waals surface area contributed by atoms with Gasteiger partial charge in [0.25, 0.3) is 0 Å². The van der Waals surface area contributed by atoms with Crippen molar-refractivity contribution in [1.82, 2.24) is 10.3 Å². The van der Waals surface area contributed by atoms with Crippen LogP contribution in [0.5, 0.6) is 0 Å². The Labute approximate surface area is 104 Å². The normalized spacial score (nSPS) is 15.9. The van der Waals surface area contributed by atoms with Crippen LogP contribution >= 0.6 is 11.3 Å². The Morgan fingerprint density at radius 2 is 2.29 bits per heavy atom. The number of hydrogen-bond donors (Lipinski definition) is 2. The van der Waals surface area contributed by atoms with Gasteiger partial charge in [-0.05, 0) is 6.92 Å². The lowest BCUT2D eigenvalue weighted by molar-refractivity contribution is 0.0533. The lowest BCUT2D eigenvalue weighted by Crippen LogP contribution is -2.43. The molecule has 1 aromatic rings. The first-order valence-corrected chi connectivity index (χ1v) is 6.43. The summed E-state index contributed by atoms with van der Waals surface area (Å²) >= 11 is 1.30. The molecular weight excluding hydrogens is 240 g/mol. The Morgan fingerprint density at radius 3 is 2.94 bits per heavy atom. The number of nitrogens with zero attached hydrogens (tertiary/aromatic N) is 2. The number of nitrogens with one attached hydrogen (secondary N) is 1. The van der Waals surface area contributed by atoms with Crippen molar-refractivity contribution in [3.8, 4) is 0 Å². The number of carbonyl (C=O) groups excluding carboxylic acids is 1. The number of hydrogen-bond acceptors (Lipinski definition) is 7. The minimum absolute atomic E-state index is 0.266. The van der Waals surface area contributed by atoms with Crippen LogP contribution in [0.1, 0.15) is 16.6 Å². The molecule has 7 heteroatoms. The average molecular weight is 256 g/mol. The summed E-state index contributed by atoms with van der Waals surface area (Å²) in [5.74, 6) is -0.120. The first kappa shape index (κ1) is 12.1. The van der Waals surface area contributed by atoms with Gasteiger partial charge in [-0.2, -0.15) is 0 Å². The van der Waals surface area contributed by atoms with Crippen LogP contribution in [0.2, 0.25) is 0 Å². The molecule has 0 radical (unpaired) electrons. The highest BCUT2D eigenvalue weighted by molar-refractivity contribution is 7.18. The monoisotopic (exact) mass is 256 g/mol. The van der Waals surface area contributed by atoms with Crippen LogP contribution in [0, 0.1) is 0 Å². The van der Waals surface area contributed by atoms with Gasteiger partial charge in [-0.1, -0.05) is 11.3 Å². The molecule has 17 heavy (non-hydrogen) atoms. The summed E-state index contributed by atoms with van der Waals surface area (Å²) in [7, 11) is 0. The van der Waals surface area contributed by atoms with Gasteiger partial charge in [-0.25, -0.2) is 9.78 Å². The molecule has 0 bridgehead atoms. The molecule has 1 aromatic heterocycles. The summed E-state index contributed by atoms with van der Waals surface area (Å²) in [6.07, 6.45) is 0. The van der Waals surface area contributed by atoms with Crippen molar-refractivity contribution in [2.75, 3.05) is 43.4 Å². The number of piperazine rings is 1. The van der Waals surface area contributed by atoms with Gasteiger partial charge in [-0.3, -0.25) is 0 Å². The molecule has 1 aliphatic heterocycles. The maximum atomic E-state index is 11.6. The van der Waals surface area contributed by atoms with Gasteiger partial charge in [0.1, 0.15) is 0 Å². The molecule has 0 amide bonds. The third kappa shape index (κ3) is 2.67. The predicted molar refractivity (Wildman–Crippen MR) is 67.6 cm³/mol. The SMILES string of the molecule is CCOC(=O)c1sc(N2CCNCC2)nc1N. The third-order valence-electron chi connectivity index (χ3n) is 2.49. The quantitative estimate of drug-likeness (QED) is 0.758. The number of carbonyl (C=O) groups is 1. The maximum Gasteiger partial charge on any atom is 0.352 e. The van der Waals surface area contributed by atoms with E-state index in [4.69, 9.17) is 10.5 Å². The van der Waals surface area contributed by atoms with Gasteiger partial charge in [0.15, 0.2) is 15.8 Å². The highest BCUT2D eigenvalue weighted by Gasteiger charge is 2.21. The minimum atomic E-state index is -0.385. The summed E-state index contributed by atoms with van der Waals surface area (Å²) in [6.45, 7) is 5.73. The van der Waals surface area contributed by atoms with E-state index >= 15 is 0 Å². The van der Waals surface area contributed by atoms with E-state index in [1.54, 1.807) is 6.92 Å². The van der Waals surface area contributed by atoms with E-state index in [1.165, 1.54) is 11.3 Å². The van der Waals surface area contributed by atoms with Gasteiger partial charge in [0, 0.05) is 26.2 Å². The number of anilines is 2. The van der Waals surface area contributed by atoms with Crippen LogP contribution < -0.4 is 16.0 Å². The molecule has 0 unspecified atom stereocenters. The summed E-state index contributed by atoms with van der Waals surface area (Å²) in [6, 6.07) is 0. The van der Waals surface area contributed by atoms with Crippen LogP contribution in [0.3, 0.4) is 0 Å². The molecule has 0 atom stereocenters. The molecule has 0 spiro atoms. The Bertz CT molecular complexity index is 401. The highest BCUT2D eigenvalue weighted by atomic mass is 32.1. The smallest absolute Gasteiger partial charge is 0.352 e. The van der Waals surface area contributed by atoms with E-state index in [9.17, 15) is 4.79 Å². The van der Waals surface area contributed by atoms with Crippen molar-refractivity contribution < 1.29 is 9.53 Å². The lowest BCUT2D eigenvalue weighted by Gasteiger charge is -2.26. The third-order valence-corrected chi connectivity index (χ3v) is 3.60. The van der Waals surface area contributed by atoms with Crippen LogP contribution in [0.25, 0.3) is 0 Å². The van der Waals surface area contributed by atoms with Gasteiger partial charge in [0.2, 0.25) is 0 Å². The van der Waals surface area contributed by atoms with Gasteiger partial charge in [-0.15, -0.1) is 0 Å². The number of rotatable bonds is 3. The standard InChI is InChI=1S/C10H16N4O2S/c1-2-16-9(15)7-8(11)13-10(17-7)14-5-3-12-4-6-14/h12H,2-6,11H2,1H3.